The second kappa shape index (κ2) is 5.24. The van der Waals surface area contributed by atoms with Crippen LogP contribution in [0.2, 0.25) is 0 Å². The molecular weight excluding hydrogens is 243 g/mol. The van der Waals surface area contributed by atoms with Crippen LogP contribution in [0, 0.1) is 0 Å². The second-order valence-electron chi connectivity index (χ2n) is 4.48. The molecule has 1 fully saturated rings. The summed E-state index contributed by atoms with van der Waals surface area (Å²) in [6.07, 6.45) is 0.448. The molecule has 2 heterocycles. The molecule has 6 heteroatoms. The first-order chi connectivity index (χ1) is 8.54. The lowest BCUT2D eigenvalue weighted by molar-refractivity contribution is -0.183. The highest BCUT2D eigenvalue weighted by Gasteiger charge is 2.46. The molecule has 2 N–H and O–H groups in total. The van der Waals surface area contributed by atoms with Crippen molar-refractivity contribution in [2.75, 3.05) is 13.1 Å². The van der Waals surface area contributed by atoms with Crippen LogP contribution in [0.5, 0.6) is 0 Å². The predicted molar refractivity (Wildman–Crippen MR) is 61.8 cm³/mol. The van der Waals surface area contributed by atoms with Gasteiger partial charge in [-0.25, -0.2) is 0 Å². The molecule has 3 nitrogen and oxygen atoms in total. The van der Waals surface area contributed by atoms with Crippen LogP contribution in [0.1, 0.15) is 24.4 Å². The number of halogens is 3. The van der Waals surface area contributed by atoms with Crippen molar-refractivity contribution >= 4 is 0 Å². The van der Waals surface area contributed by atoms with E-state index in [0.717, 1.165) is 18.4 Å². The summed E-state index contributed by atoms with van der Waals surface area (Å²) in [5, 5.41) is 0. The Bertz CT molecular complexity index is 380. The van der Waals surface area contributed by atoms with E-state index < -0.39 is 18.8 Å². The molecule has 1 aromatic heterocycles. The van der Waals surface area contributed by atoms with Gasteiger partial charge in [0.15, 0.2) is 0 Å². The minimum atomic E-state index is -4.28. The number of nitrogens with zero attached hydrogens (tertiary/aromatic N) is 2. The molecule has 1 aromatic rings. The molecule has 0 aliphatic carbocycles. The first-order valence-electron chi connectivity index (χ1n) is 5.96. The van der Waals surface area contributed by atoms with Gasteiger partial charge in [-0.3, -0.25) is 9.88 Å². The van der Waals surface area contributed by atoms with Crippen molar-refractivity contribution in [3.05, 3.63) is 30.1 Å². The van der Waals surface area contributed by atoms with E-state index in [2.05, 4.69) is 4.98 Å². The highest BCUT2D eigenvalue weighted by Crippen LogP contribution is 2.37. The van der Waals surface area contributed by atoms with Crippen LogP contribution in [0.15, 0.2) is 24.5 Å². The summed E-state index contributed by atoms with van der Waals surface area (Å²) >= 11 is 0. The quantitative estimate of drug-likeness (QED) is 0.904. The molecule has 18 heavy (non-hydrogen) atoms. The molecule has 1 saturated heterocycles. The monoisotopic (exact) mass is 259 g/mol. The van der Waals surface area contributed by atoms with E-state index in [1.807, 2.05) is 6.07 Å². The summed E-state index contributed by atoms with van der Waals surface area (Å²) in [6.45, 7) is 0.0290. The Morgan fingerprint density at radius 3 is 2.83 bits per heavy atom. The maximum atomic E-state index is 12.9. The van der Waals surface area contributed by atoms with Crippen molar-refractivity contribution in [3.8, 4) is 0 Å². The molecule has 0 amide bonds. The largest absolute Gasteiger partial charge is 0.405 e. The SMILES string of the molecule is NCC(N1CCCC1c1cccnc1)C(F)(F)F. The number of likely N-dealkylation sites (tertiary alicyclic amines) is 1. The van der Waals surface area contributed by atoms with Gasteiger partial charge in [-0.2, -0.15) is 13.2 Å². The molecule has 100 valence electrons. The lowest BCUT2D eigenvalue weighted by atomic mass is 10.1. The molecular formula is C12H16F3N3. The number of rotatable bonds is 3. The van der Waals surface area contributed by atoms with E-state index in [9.17, 15) is 13.2 Å². The summed E-state index contributed by atoms with van der Waals surface area (Å²) in [4.78, 5) is 5.43. The van der Waals surface area contributed by atoms with Gasteiger partial charge in [0, 0.05) is 25.0 Å². The maximum absolute atomic E-state index is 12.9. The Morgan fingerprint density at radius 2 is 2.28 bits per heavy atom. The lowest BCUT2D eigenvalue weighted by Gasteiger charge is -2.33. The Balaban J connectivity index is 2.22. The highest BCUT2D eigenvalue weighted by atomic mass is 19.4. The van der Waals surface area contributed by atoms with Crippen molar-refractivity contribution in [1.29, 1.82) is 0 Å². The topological polar surface area (TPSA) is 42.1 Å². The van der Waals surface area contributed by atoms with Crippen LogP contribution in [0.3, 0.4) is 0 Å². The fraction of sp³-hybridized carbons (Fsp3) is 0.583. The van der Waals surface area contributed by atoms with Crippen LogP contribution < -0.4 is 5.73 Å². The normalized spacial score (nSPS) is 23.2. The van der Waals surface area contributed by atoms with Gasteiger partial charge in [-0.05, 0) is 31.0 Å². The first kappa shape index (κ1) is 13.3. The second-order valence-corrected chi connectivity index (χ2v) is 4.48. The van der Waals surface area contributed by atoms with E-state index in [4.69, 9.17) is 5.73 Å². The third-order valence-corrected chi connectivity index (χ3v) is 3.36. The van der Waals surface area contributed by atoms with Crippen LogP contribution in [-0.2, 0) is 0 Å². The van der Waals surface area contributed by atoms with Crippen molar-refractivity contribution in [3.63, 3.8) is 0 Å². The Hall–Kier alpha value is -1.14. The van der Waals surface area contributed by atoms with Gasteiger partial charge in [0.25, 0.3) is 0 Å². The lowest BCUT2D eigenvalue weighted by Crippen LogP contribution is -2.49. The van der Waals surface area contributed by atoms with Gasteiger partial charge in [0.1, 0.15) is 6.04 Å². The number of hydrogen-bond donors (Lipinski definition) is 1. The predicted octanol–water partition coefficient (Wildman–Crippen LogP) is 2.11. The maximum Gasteiger partial charge on any atom is 0.405 e. The average molecular weight is 259 g/mol. The van der Waals surface area contributed by atoms with Crippen molar-refractivity contribution < 1.29 is 13.2 Å². The van der Waals surface area contributed by atoms with Gasteiger partial charge in [0.2, 0.25) is 0 Å². The van der Waals surface area contributed by atoms with E-state index in [-0.39, 0.29) is 6.04 Å². The van der Waals surface area contributed by atoms with Gasteiger partial charge in [0.05, 0.1) is 0 Å². The Labute approximate surface area is 104 Å². The van der Waals surface area contributed by atoms with Gasteiger partial charge in [-0.1, -0.05) is 6.07 Å². The highest BCUT2D eigenvalue weighted by molar-refractivity contribution is 5.16. The smallest absolute Gasteiger partial charge is 0.329 e. The molecule has 2 atom stereocenters. The van der Waals surface area contributed by atoms with Gasteiger partial charge in [-0.15, -0.1) is 0 Å². The van der Waals surface area contributed by atoms with Crippen LogP contribution in [0.4, 0.5) is 13.2 Å². The third-order valence-electron chi connectivity index (χ3n) is 3.36. The first-order valence-corrected chi connectivity index (χ1v) is 5.96. The molecule has 0 aromatic carbocycles. The summed E-state index contributed by atoms with van der Waals surface area (Å²) in [6, 6.07) is 1.77. The number of alkyl halides is 3. The number of aromatic nitrogens is 1. The summed E-state index contributed by atoms with van der Waals surface area (Å²) in [5.74, 6) is 0. The fourth-order valence-electron chi connectivity index (χ4n) is 2.55. The van der Waals surface area contributed by atoms with E-state index in [0.29, 0.717) is 6.54 Å². The third kappa shape index (κ3) is 2.64. The number of nitrogens with two attached hydrogens (primary N) is 1. The minimum Gasteiger partial charge on any atom is -0.329 e. The van der Waals surface area contributed by atoms with E-state index >= 15 is 0 Å². The molecule has 0 saturated carbocycles. The molecule has 1 aliphatic rings. The van der Waals surface area contributed by atoms with Gasteiger partial charge < -0.3 is 5.73 Å². The Kier molecular flexibility index (Phi) is 3.87. The van der Waals surface area contributed by atoms with Crippen LogP contribution in [0.25, 0.3) is 0 Å². The molecule has 2 unspecified atom stereocenters. The van der Waals surface area contributed by atoms with Crippen molar-refractivity contribution in [2.24, 2.45) is 5.73 Å². The molecule has 0 spiro atoms. The zero-order chi connectivity index (χ0) is 13.2. The van der Waals surface area contributed by atoms with Crippen molar-refractivity contribution in [2.45, 2.75) is 31.1 Å². The van der Waals surface area contributed by atoms with Crippen molar-refractivity contribution in [1.82, 2.24) is 9.88 Å². The van der Waals surface area contributed by atoms with E-state index in [1.165, 1.54) is 4.90 Å². The zero-order valence-electron chi connectivity index (χ0n) is 9.90. The standard InChI is InChI=1S/C12H16F3N3/c13-12(14,15)11(7-16)18-6-2-4-10(18)9-3-1-5-17-8-9/h1,3,5,8,10-11H,2,4,6-7,16H2. The molecule has 1 aliphatic heterocycles. The van der Waals surface area contributed by atoms with Crippen LogP contribution >= 0.6 is 0 Å². The number of hydrogen-bond acceptors (Lipinski definition) is 3. The zero-order valence-corrected chi connectivity index (χ0v) is 9.90. The molecule has 0 bridgehead atoms. The fourth-order valence-corrected chi connectivity index (χ4v) is 2.55. The average Bonchev–Trinajstić information content (AvgIpc) is 2.78. The van der Waals surface area contributed by atoms with Gasteiger partial charge >= 0.3 is 6.18 Å². The molecule has 2 rings (SSSR count). The minimum absolute atomic E-state index is 0.228. The summed E-state index contributed by atoms with van der Waals surface area (Å²) in [5.41, 5.74) is 6.13. The van der Waals surface area contributed by atoms with Crippen LogP contribution in [-0.4, -0.2) is 35.2 Å². The van der Waals surface area contributed by atoms with E-state index in [1.54, 1.807) is 18.5 Å². The summed E-state index contributed by atoms with van der Waals surface area (Å²) in [7, 11) is 0. The Morgan fingerprint density at radius 1 is 1.50 bits per heavy atom. The summed E-state index contributed by atoms with van der Waals surface area (Å²) < 4.78 is 38.8. The molecule has 0 radical (unpaired) electrons. The number of pyridine rings is 1.